The first kappa shape index (κ1) is 16.5. The van der Waals surface area contributed by atoms with Crippen molar-refractivity contribution in [1.29, 1.82) is 0 Å². The molecule has 0 amide bonds. The highest BCUT2D eigenvalue weighted by molar-refractivity contribution is 5.85. The van der Waals surface area contributed by atoms with Crippen LogP contribution in [0.3, 0.4) is 0 Å². The van der Waals surface area contributed by atoms with E-state index >= 15 is 0 Å². The fourth-order valence-corrected chi connectivity index (χ4v) is 2.53. The zero-order chi connectivity index (χ0) is 14.9. The summed E-state index contributed by atoms with van der Waals surface area (Å²) < 4.78 is 40.8. The van der Waals surface area contributed by atoms with Gasteiger partial charge < -0.3 is 10.1 Å². The Labute approximate surface area is 132 Å². The first-order valence-electron chi connectivity index (χ1n) is 6.74. The van der Waals surface area contributed by atoms with Crippen molar-refractivity contribution in [3.63, 3.8) is 0 Å². The summed E-state index contributed by atoms with van der Waals surface area (Å²) in [4.78, 5) is 0. The summed E-state index contributed by atoms with van der Waals surface area (Å²) in [6.07, 6.45) is -2.62. The Kier molecular flexibility index (Phi) is 4.86. The smallest absolute Gasteiger partial charge is 0.406 e. The van der Waals surface area contributed by atoms with Crippen LogP contribution < -0.4 is 10.1 Å². The van der Waals surface area contributed by atoms with Crippen molar-refractivity contribution in [3.8, 4) is 16.9 Å². The van der Waals surface area contributed by atoms with Crippen molar-refractivity contribution in [2.24, 2.45) is 0 Å². The average Bonchev–Trinajstić information content (AvgIpc) is 2.45. The van der Waals surface area contributed by atoms with Crippen LogP contribution in [0.1, 0.15) is 12.0 Å². The SMILES string of the molecule is Cl.FC(F)(F)Oc1cccc(-c2ccc3c(c2)CCCN3)c1. The molecule has 118 valence electrons. The average molecular weight is 330 g/mol. The van der Waals surface area contributed by atoms with Crippen LogP contribution in [0.25, 0.3) is 11.1 Å². The lowest BCUT2D eigenvalue weighted by Crippen LogP contribution is -2.17. The van der Waals surface area contributed by atoms with Crippen molar-refractivity contribution >= 4 is 18.1 Å². The highest BCUT2D eigenvalue weighted by Gasteiger charge is 2.31. The molecule has 6 heteroatoms. The fourth-order valence-electron chi connectivity index (χ4n) is 2.53. The number of halogens is 4. The molecule has 22 heavy (non-hydrogen) atoms. The number of fused-ring (bicyclic) bond motifs is 1. The van der Waals surface area contributed by atoms with Crippen LogP contribution in [0, 0.1) is 0 Å². The number of nitrogens with one attached hydrogen (secondary N) is 1. The molecule has 0 radical (unpaired) electrons. The Morgan fingerprint density at radius 3 is 2.55 bits per heavy atom. The summed E-state index contributed by atoms with van der Waals surface area (Å²) in [5.74, 6) is -0.198. The van der Waals surface area contributed by atoms with E-state index < -0.39 is 6.36 Å². The van der Waals surface area contributed by atoms with E-state index in [1.165, 1.54) is 17.7 Å². The van der Waals surface area contributed by atoms with Gasteiger partial charge in [-0.05, 0) is 53.8 Å². The van der Waals surface area contributed by atoms with Crippen LogP contribution in [0.15, 0.2) is 42.5 Å². The zero-order valence-electron chi connectivity index (χ0n) is 11.6. The summed E-state index contributed by atoms with van der Waals surface area (Å²) in [7, 11) is 0. The van der Waals surface area contributed by atoms with E-state index in [2.05, 4.69) is 10.1 Å². The van der Waals surface area contributed by atoms with Gasteiger partial charge in [0.15, 0.2) is 0 Å². The number of hydrogen-bond donors (Lipinski definition) is 1. The lowest BCUT2D eigenvalue weighted by atomic mass is 9.97. The monoisotopic (exact) mass is 329 g/mol. The fraction of sp³-hybridized carbons (Fsp3) is 0.250. The normalized spacial score (nSPS) is 13.6. The molecule has 0 fully saturated rings. The molecule has 2 aromatic rings. The van der Waals surface area contributed by atoms with Gasteiger partial charge in [0, 0.05) is 12.2 Å². The Morgan fingerprint density at radius 1 is 1.00 bits per heavy atom. The molecule has 1 aliphatic heterocycles. The number of anilines is 1. The molecule has 1 heterocycles. The van der Waals surface area contributed by atoms with Gasteiger partial charge in [0.25, 0.3) is 0 Å². The van der Waals surface area contributed by atoms with Crippen molar-refractivity contribution in [2.45, 2.75) is 19.2 Å². The van der Waals surface area contributed by atoms with Gasteiger partial charge in [0.1, 0.15) is 5.75 Å². The largest absolute Gasteiger partial charge is 0.573 e. The highest BCUT2D eigenvalue weighted by Crippen LogP contribution is 2.31. The third-order valence-electron chi connectivity index (χ3n) is 3.44. The summed E-state index contributed by atoms with van der Waals surface area (Å²) in [5.41, 5.74) is 3.91. The van der Waals surface area contributed by atoms with Crippen molar-refractivity contribution < 1.29 is 17.9 Å². The molecule has 2 aromatic carbocycles. The molecule has 2 nitrogen and oxygen atoms in total. The minimum absolute atomic E-state index is 0. The molecule has 0 saturated carbocycles. The molecule has 0 bridgehead atoms. The van der Waals surface area contributed by atoms with E-state index in [1.54, 1.807) is 12.1 Å². The molecule has 0 saturated heterocycles. The molecule has 0 spiro atoms. The van der Waals surface area contributed by atoms with Crippen LogP contribution >= 0.6 is 12.4 Å². The molecule has 0 atom stereocenters. The van der Waals surface area contributed by atoms with Gasteiger partial charge in [-0.1, -0.05) is 18.2 Å². The first-order valence-corrected chi connectivity index (χ1v) is 6.74. The van der Waals surface area contributed by atoms with Crippen LogP contribution in [0.2, 0.25) is 0 Å². The predicted octanol–water partition coefficient (Wildman–Crippen LogP) is 5.03. The van der Waals surface area contributed by atoms with E-state index in [9.17, 15) is 13.2 Å². The quantitative estimate of drug-likeness (QED) is 0.834. The second-order valence-corrected chi connectivity index (χ2v) is 4.98. The highest BCUT2D eigenvalue weighted by atomic mass is 35.5. The number of aryl methyl sites for hydroxylation is 1. The summed E-state index contributed by atoms with van der Waals surface area (Å²) in [6.45, 7) is 0.960. The minimum atomic E-state index is -4.67. The Bertz CT molecular complexity index is 658. The molecule has 0 aliphatic carbocycles. The maximum atomic E-state index is 12.3. The summed E-state index contributed by atoms with van der Waals surface area (Å²) in [6, 6.07) is 12.0. The second-order valence-electron chi connectivity index (χ2n) is 4.98. The molecule has 1 aliphatic rings. The maximum absolute atomic E-state index is 12.3. The lowest BCUT2D eigenvalue weighted by molar-refractivity contribution is -0.274. The van der Waals surface area contributed by atoms with E-state index in [4.69, 9.17) is 0 Å². The zero-order valence-corrected chi connectivity index (χ0v) is 12.4. The predicted molar refractivity (Wildman–Crippen MR) is 82.6 cm³/mol. The van der Waals surface area contributed by atoms with Crippen LogP contribution in [-0.2, 0) is 6.42 Å². The topological polar surface area (TPSA) is 21.3 Å². The number of alkyl halides is 3. The van der Waals surface area contributed by atoms with Gasteiger partial charge in [-0.2, -0.15) is 0 Å². The number of rotatable bonds is 2. The van der Waals surface area contributed by atoms with E-state index in [0.29, 0.717) is 5.56 Å². The third-order valence-corrected chi connectivity index (χ3v) is 3.44. The van der Waals surface area contributed by atoms with Gasteiger partial charge in [-0.3, -0.25) is 0 Å². The Morgan fingerprint density at radius 2 is 1.77 bits per heavy atom. The third kappa shape index (κ3) is 3.85. The number of benzene rings is 2. The molecule has 3 rings (SSSR count). The van der Waals surface area contributed by atoms with Crippen LogP contribution in [0.5, 0.6) is 5.75 Å². The standard InChI is InChI=1S/C16H14F3NO.ClH/c17-16(18,19)21-14-5-1-3-11(10-14)12-6-7-15-13(9-12)4-2-8-20-15;/h1,3,5-7,9-10,20H,2,4,8H2;1H. The summed E-state index contributed by atoms with van der Waals surface area (Å²) in [5, 5.41) is 3.31. The van der Waals surface area contributed by atoms with Crippen LogP contribution in [-0.4, -0.2) is 12.9 Å². The van der Waals surface area contributed by atoms with Gasteiger partial charge in [0.05, 0.1) is 0 Å². The minimum Gasteiger partial charge on any atom is -0.406 e. The van der Waals surface area contributed by atoms with E-state index in [0.717, 1.165) is 30.6 Å². The molecule has 0 aromatic heterocycles. The molecule has 0 unspecified atom stereocenters. The Balaban J connectivity index is 0.00000176. The first-order chi connectivity index (χ1) is 10.0. The Hall–Kier alpha value is -1.88. The second kappa shape index (κ2) is 6.48. The van der Waals surface area contributed by atoms with Gasteiger partial charge in [-0.25, -0.2) is 0 Å². The van der Waals surface area contributed by atoms with E-state index in [1.807, 2.05) is 18.2 Å². The number of hydrogen-bond acceptors (Lipinski definition) is 2. The van der Waals surface area contributed by atoms with Gasteiger partial charge in [-0.15, -0.1) is 25.6 Å². The maximum Gasteiger partial charge on any atom is 0.573 e. The molecular formula is C16H15ClF3NO. The van der Waals surface area contributed by atoms with Crippen LogP contribution in [0.4, 0.5) is 18.9 Å². The van der Waals surface area contributed by atoms with E-state index in [-0.39, 0.29) is 18.2 Å². The van der Waals surface area contributed by atoms with Crippen molar-refractivity contribution in [2.75, 3.05) is 11.9 Å². The lowest BCUT2D eigenvalue weighted by Gasteiger charge is -2.19. The van der Waals surface area contributed by atoms with Crippen molar-refractivity contribution in [3.05, 3.63) is 48.0 Å². The molecular weight excluding hydrogens is 315 g/mol. The number of ether oxygens (including phenoxy) is 1. The summed E-state index contributed by atoms with van der Waals surface area (Å²) >= 11 is 0. The van der Waals surface area contributed by atoms with Crippen molar-refractivity contribution in [1.82, 2.24) is 0 Å². The molecule has 1 N–H and O–H groups in total. The van der Waals surface area contributed by atoms with Gasteiger partial charge >= 0.3 is 6.36 Å². The van der Waals surface area contributed by atoms with Gasteiger partial charge in [0.2, 0.25) is 0 Å².